The van der Waals surface area contributed by atoms with E-state index in [9.17, 15) is 9.18 Å². The minimum atomic E-state index is -0.829. The summed E-state index contributed by atoms with van der Waals surface area (Å²) in [7, 11) is 0. The van der Waals surface area contributed by atoms with E-state index in [2.05, 4.69) is 10.1 Å². The average molecular weight is 237 g/mol. The van der Waals surface area contributed by atoms with Gasteiger partial charge in [0.05, 0.1) is 11.6 Å². The van der Waals surface area contributed by atoms with Crippen LogP contribution in [0.3, 0.4) is 0 Å². The fourth-order valence-corrected chi connectivity index (χ4v) is 1.27. The summed E-state index contributed by atoms with van der Waals surface area (Å²) in [6.45, 7) is 0.936. The fraction of sp³-hybridized carbons (Fsp3) is 0.273. The highest BCUT2D eigenvalue weighted by Gasteiger charge is 2.00. The predicted octanol–water partition coefficient (Wildman–Crippen LogP) is 0.882. The number of hydrogen-bond acceptors (Lipinski definition) is 4. The maximum Gasteiger partial charge on any atom is 0.404 e. The number of hydrogen-bond donors (Lipinski definition) is 2. The summed E-state index contributed by atoms with van der Waals surface area (Å²) in [6.07, 6.45) is -0.829. The molecule has 1 rings (SSSR count). The van der Waals surface area contributed by atoms with Crippen molar-refractivity contribution in [2.24, 2.45) is 5.73 Å². The highest BCUT2D eigenvalue weighted by molar-refractivity contribution is 5.64. The predicted molar refractivity (Wildman–Crippen MR) is 58.4 cm³/mol. The number of amides is 1. The van der Waals surface area contributed by atoms with E-state index in [-0.39, 0.29) is 12.2 Å². The Labute approximate surface area is 98.0 Å². The third kappa shape index (κ3) is 4.95. The Balaban J connectivity index is 2.39. The first-order chi connectivity index (χ1) is 8.11. The maximum atomic E-state index is 13.0. The lowest BCUT2D eigenvalue weighted by molar-refractivity contribution is 0.157. The number of carbonyl (C=O) groups excluding carboxylic acids is 1. The normalized spacial score (nSPS) is 9.65. The first kappa shape index (κ1) is 12.9. The van der Waals surface area contributed by atoms with Crippen LogP contribution < -0.4 is 11.1 Å². The molecular formula is C11H12FN3O2. The molecule has 0 bridgehead atoms. The first-order valence-electron chi connectivity index (χ1n) is 4.94. The number of benzene rings is 1. The zero-order valence-corrected chi connectivity index (χ0v) is 9.07. The molecule has 17 heavy (non-hydrogen) atoms. The molecule has 1 amide bonds. The molecule has 0 aliphatic carbocycles. The number of nitrogens with one attached hydrogen (secondary N) is 1. The van der Waals surface area contributed by atoms with Crippen LogP contribution in [-0.2, 0) is 11.3 Å². The Hall–Kier alpha value is -2.13. The molecule has 1 aromatic rings. The number of nitrogens with zero attached hydrogens (tertiary/aromatic N) is 1. The van der Waals surface area contributed by atoms with Gasteiger partial charge in [-0.2, -0.15) is 5.26 Å². The molecule has 0 heterocycles. The third-order valence-corrected chi connectivity index (χ3v) is 1.94. The largest absolute Gasteiger partial charge is 0.448 e. The molecule has 0 radical (unpaired) electrons. The lowest BCUT2D eigenvalue weighted by Gasteiger charge is -2.05. The van der Waals surface area contributed by atoms with E-state index in [4.69, 9.17) is 11.0 Å². The SMILES string of the molecule is N#Cc1cc(F)cc(CNCCOC(N)=O)c1. The van der Waals surface area contributed by atoms with Gasteiger partial charge in [0.15, 0.2) is 0 Å². The van der Waals surface area contributed by atoms with E-state index < -0.39 is 11.9 Å². The molecule has 5 nitrogen and oxygen atoms in total. The second-order valence-electron chi connectivity index (χ2n) is 3.30. The zero-order valence-electron chi connectivity index (χ0n) is 9.07. The van der Waals surface area contributed by atoms with Gasteiger partial charge in [0.25, 0.3) is 0 Å². The van der Waals surface area contributed by atoms with E-state index in [1.165, 1.54) is 12.1 Å². The van der Waals surface area contributed by atoms with Gasteiger partial charge in [-0.1, -0.05) is 0 Å². The number of nitrogens with two attached hydrogens (primary N) is 1. The van der Waals surface area contributed by atoms with E-state index in [0.29, 0.717) is 18.7 Å². The smallest absolute Gasteiger partial charge is 0.404 e. The molecular weight excluding hydrogens is 225 g/mol. The molecule has 0 saturated carbocycles. The molecule has 0 atom stereocenters. The number of carbonyl (C=O) groups is 1. The van der Waals surface area contributed by atoms with Crippen LogP contribution in [-0.4, -0.2) is 19.2 Å². The van der Waals surface area contributed by atoms with Gasteiger partial charge in [0.2, 0.25) is 0 Å². The Morgan fingerprint density at radius 3 is 2.94 bits per heavy atom. The summed E-state index contributed by atoms with van der Waals surface area (Å²) in [5, 5.41) is 11.6. The van der Waals surface area contributed by atoms with Gasteiger partial charge >= 0.3 is 6.09 Å². The van der Waals surface area contributed by atoms with Crippen molar-refractivity contribution in [3.05, 3.63) is 35.1 Å². The number of ether oxygens (including phenoxy) is 1. The van der Waals surface area contributed by atoms with Crippen LogP contribution in [0.25, 0.3) is 0 Å². The maximum absolute atomic E-state index is 13.0. The van der Waals surface area contributed by atoms with Crippen molar-refractivity contribution in [3.8, 4) is 6.07 Å². The van der Waals surface area contributed by atoms with Crippen molar-refractivity contribution in [2.75, 3.05) is 13.2 Å². The van der Waals surface area contributed by atoms with Gasteiger partial charge in [-0.15, -0.1) is 0 Å². The number of nitriles is 1. The molecule has 1 aromatic carbocycles. The Bertz CT molecular complexity index is 443. The minimum Gasteiger partial charge on any atom is -0.448 e. The van der Waals surface area contributed by atoms with Gasteiger partial charge in [0, 0.05) is 13.1 Å². The van der Waals surface area contributed by atoms with Crippen molar-refractivity contribution in [2.45, 2.75) is 6.54 Å². The second kappa shape index (κ2) is 6.45. The first-order valence-corrected chi connectivity index (χ1v) is 4.94. The van der Waals surface area contributed by atoms with Crippen LogP contribution in [0.4, 0.5) is 9.18 Å². The lowest BCUT2D eigenvalue weighted by Crippen LogP contribution is -2.23. The van der Waals surface area contributed by atoms with Crippen molar-refractivity contribution in [1.29, 1.82) is 5.26 Å². The third-order valence-electron chi connectivity index (χ3n) is 1.94. The zero-order chi connectivity index (χ0) is 12.7. The highest BCUT2D eigenvalue weighted by Crippen LogP contribution is 2.08. The molecule has 90 valence electrons. The topological polar surface area (TPSA) is 88.1 Å². The number of rotatable bonds is 5. The van der Waals surface area contributed by atoms with Crippen LogP contribution >= 0.6 is 0 Å². The molecule has 0 saturated heterocycles. The standard InChI is InChI=1S/C11H12FN3O2/c12-10-4-8(6-13)3-9(5-10)7-15-1-2-17-11(14)16/h3-5,15H,1-2,7H2,(H2,14,16). The van der Waals surface area contributed by atoms with Gasteiger partial charge in [-0.25, -0.2) is 9.18 Å². The summed E-state index contributed by atoms with van der Waals surface area (Å²) in [5.74, 6) is -0.450. The van der Waals surface area contributed by atoms with Crippen LogP contribution in [0, 0.1) is 17.1 Å². The molecule has 6 heteroatoms. The average Bonchev–Trinajstić information content (AvgIpc) is 2.27. The van der Waals surface area contributed by atoms with Crippen LogP contribution in [0.5, 0.6) is 0 Å². The van der Waals surface area contributed by atoms with Crippen LogP contribution in [0.2, 0.25) is 0 Å². The van der Waals surface area contributed by atoms with Gasteiger partial charge < -0.3 is 15.8 Å². The Morgan fingerprint density at radius 2 is 2.29 bits per heavy atom. The molecule has 0 aromatic heterocycles. The summed E-state index contributed by atoms with van der Waals surface area (Å²) in [4.78, 5) is 10.2. The van der Waals surface area contributed by atoms with Crippen molar-refractivity contribution >= 4 is 6.09 Å². The Morgan fingerprint density at radius 1 is 1.53 bits per heavy atom. The van der Waals surface area contributed by atoms with Crippen molar-refractivity contribution < 1.29 is 13.9 Å². The molecule has 0 spiro atoms. The quantitative estimate of drug-likeness (QED) is 0.744. The Kier molecular flexibility index (Phi) is 4.91. The fourth-order valence-electron chi connectivity index (χ4n) is 1.27. The molecule has 0 aliphatic rings. The molecule has 3 N–H and O–H groups in total. The molecule has 0 unspecified atom stereocenters. The van der Waals surface area contributed by atoms with Gasteiger partial charge in [0.1, 0.15) is 12.4 Å². The van der Waals surface area contributed by atoms with E-state index in [1.807, 2.05) is 6.07 Å². The van der Waals surface area contributed by atoms with E-state index in [0.717, 1.165) is 0 Å². The molecule has 0 aliphatic heterocycles. The summed E-state index contributed by atoms with van der Waals surface area (Å²) in [5.41, 5.74) is 5.70. The van der Waals surface area contributed by atoms with Crippen LogP contribution in [0.1, 0.15) is 11.1 Å². The number of primary amides is 1. The summed E-state index contributed by atoms with van der Waals surface area (Å²) < 4.78 is 17.5. The lowest BCUT2D eigenvalue weighted by atomic mass is 10.1. The second-order valence-corrected chi connectivity index (χ2v) is 3.30. The van der Waals surface area contributed by atoms with E-state index >= 15 is 0 Å². The van der Waals surface area contributed by atoms with Crippen molar-refractivity contribution in [3.63, 3.8) is 0 Å². The van der Waals surface area contributed by atoms with E-state index in [1.54, 1.807) is 6.07 Å². The van der Waals surface area contributed by atoms with Crippen molar-refractivity contribution in [1.82, 2.24) is 5.32 Å². The van der Waals surface area contributed by atoms with Gasteiger partial charge in [-0.3, -0.25) is 0 Å². The summed E-state index contributed by atoms with van der Waals surface area (Å²) >= 11 is 0. The molecule has 0 fully saturated rings. The highest BCUT2D eigenvalue weighted by atomic mass is 19.1. The monoisotopic (exact) mass is 237 g/mol. The van der Waals surface area contributed by atoms with Crippen LogP contribution in [0.15, 0.2) is 18.2 Å². The summed E-state index contributed by atoms with van der Waals surface area (Å²) in [6, 6.07) is 5.96. The number of halogens is 1. The minimum absolute atomic E-state index is 0.149. The van der Waals surface area contributed by atoms with Gasteiger partial charge in [-0.05, 0) is 23.8 Å².